The molecule has 1 spiro atoms. The summed E-state index contributed by atoms with van der Waals surface area (Å²) in [6.45, 7) is 1.97. The highest BCUT2D eigenvalue weighted by molar-refractivity contribution is 6.07. The van der Waals surface area contributed by atoms with E-state index in [0.29, 0.717) is 5.69 Å². The Morgan fingerprint density at radius 1 is 0.900 bits per heavy atom. The van der Waals surface area contributed by atoms with E-state index in [1.165, 1.54) is 0 Å². The largest absolute Gasteiger partial charge is 0.324 e. The van der Waals surface area contributed by atoms with Crippen molar-refractivity contribution >= 4 is 11.6 Å². The minimum atomic E-state index is -1.22. The van der Waals surface area contributed by atoms with Crippen molar-refractivity contribution in [1.29, 1.82) is 0 Å². The van der Waals surface area contributed by atoms with Crippen LogP contribution in [0.1, 0.15) is 34.2 Å². The number of anilines is 1. The van der Waals surface area contributed by atoms with Gasteiger partial charge in [-0.3, -0.25) is 20.2 Å². The first-order valence-electron chi connectivity index (χ1n) is 9.96. The molecule has 30 heavy (non-hydrogen) atoms. The van der Waals surface area contributed by atoms with E-state index in [1.807, 2.05) is 85.8 Å². The number of aryl methyl sites for hydroxylation is 1. The van der Waals surface area contributed by atoms with Gasteiger partial charge in [-0.05, 0) is 24.1 Å². The number of carbonyl (C=O) groups excluding carboxylic acids is 1. The predicted octanol–water partition coefficient (Wildman–Crippen LogP) is 3.92. The zero-order valence-electron chi connectivity index (χ0n) is 16.4. The van der Waals surface area contributed by atoms with Crippen molar-refractivity contribution in [2.24, 2.45) is 0 Å². The molecule has 2 heterocycles. The summed E-state index contributed by atoms with van der Waals surface area (Å²) in [5.41, 5.74) is 2.87. The van der Waals surface area contributed by atoms with Gasteiger partial charge >= 0.3 is 0 Å². The lowest BCUT2D eigenvalue weighted by molar-refractivity contribution is -0.527. The summed E-state index contributed by atoms with van der Waals surface area (Å²) < 4.78 is 0. The molecule has 4 atom stereocenters. The van der Waals surface area contributed by atoms with Crippen LogP contribution in [0.4, 0.5) is 5.69 Å². The molecule has 150 valence electrons. The number of nitro groups is 1. The van der Waals surface area contributed by atoms with E-state index in [0.717, 1.165) is 22.3 Å². The lowest BCUT2D eigenvalue weighted by atomic mass is 9.74. The molecule has 0 bridgehead atoms. The molecule has 1 fully saturated rings. The third-order valence-electron chi connectivity index (χ3n) is 6.33. The van der Waals surface area contributed by atoms with Gasteiger partial charge in [0.1, 0.15) is 11.6 Å². The van der Waals surface area contributed by atoms with E-state index in [2.05, 4.69) is 10.6 Å². The van der Waals surface area contributed by atoms with Crippen molar-refractivity contribution in [2.45, 2.75) is 30.5 Å². The lowest BCUT2D eigenvalue weighted by Gasteiger charge is -2.29. The van der Waals surface area contributed by atoms with Crippen LogP contribution in [0.5, 0.6) is 0 Å². The second kappa shape index (κ2) is 6.78. The molecule has 5 rings (SSSR count). The fourth-order valence-corrected chi connectivity index (χ4v) is 5.01. The summed E-state index contributed by atoms with van der Waals surface area (Å²) in [4.78, 5) is 25.6. The fourth-order valence-electron chi connectivity index (χ4n) is 5.01. The maximum atomic E-state index is 13.5. The smallest absolute Gasteiger partial charge is 0.250 e. The highest BCUT2D eigenvalue weighted by Crippen LogP contribution is 2.55. The summed E-state index contributed by atoms with van der Waals surface area (Å²) >= 11 is 0. The monoisotopic (exact) mass is 399 g/mol. The molecule has 2 aliphatic heterocycles. The summed E-state index contributed by atoms with van der Waals surface area (Å²) in [7, 11) is 0. The van der Waals surface area contributed by atoms with E-state index in [4.69, 9.17) is 0 Å². The Balaban J connectivity index is 1.77. The Kier molecular flexibility index (Phi) is 4.18. The maximum Gasteiger partial charge on any atom is 0.250 e. The highest BCUT2D eigenvalue weighted by Gasteiger charge is 2.66. The normalized spacial score (nSPS) is 27.1. The second-order valence-electron chi connectivity index (χ2n) is 8.00. The number of carbonyl (C=O) groups is 1. The molecule has 0 aliphatic carbocycles. The molecule has 0 aromatic heterocycles. The number of amides is 1. The van der Waals surface area contributed by atoms with Gasteiger partial charge in [-0.25, -0.2) is 0 Å². The zero-order chi connectivity index (χ0) is 20.9. The van der Waals surface area contributed by atoms with Crippen molar-refractivity contribution in [1.82, 2.24) is 5.32 Å². The predicted molar refractivity (Wildman–Crippen MR) is 114 cm³/mol. The molecule has 1 amide bonds. The summed E-state index contributed by atoms with van der Waals surface area (Å²) in [5.74, 6) is -0.915. The molecule has 6 nitrogen and oxygen atoms in total. The van der Waals surface area contributed by atoms with E-state index in [1.54, 1.807) is 0 Å². The Labute approximate surface area is 174 Å². The number of hydrogen-bond donors (Lipinski definition) is 2. The van der Waals surface area contributed by atoms with Gasteiger partial charge < -0.3 is 5.32 Å². The number of nitrogens with zero attached hydrogens (tertiary/aromatic N) is 1. The van der Waals surface area contributed by atoms with Gasteiger partial charge in [-0.1, -0.05) is 78.4 Å². The quantitative estimate of drug-likeness (QED) is 0.517. The number of fused-ring (bicyclic) bond motifs is 2. The van der Waals surface area contributed by atoms with Crippen LogP contribution in [0.15, 0.2) is 78.9 Å². The fraction of sp³-hybridized carbons (Fsp3) is 0.208. The van der Waals surface area contributed by atoms with Crippen LogP contribution in [0.2, 0.25) is 0 Å². The molecule has 2 N–H and O–H groups in total. The molecule has 0 unspecified atom stereocenters. The molecule has 3 aromatic carbocycles. The van der Waals surface area contributed by atoms with Gasteiger partial charge in [0, 0.05) is 16.2 Å². The Hall–Kier alpha value is -3.51. The first kappa shape index (κ1) is 18.5. The number of para-hydroxylation sites is 1. The van der Waals surface area contributed by atoms with Crippen LogP contribution in [0.3, 0.4) is 0 Å². The lowest BCUT2D eigenvalue weighted by Crippen LogP contribution is -2.48. The van der Waals surface area contributed by atoms with Crippen molar-refractivity contribution in [3.8, 4) is 0 Å². The summed E-state index contributed by atoms with van der Waals surface area (Å²) in [6.07, 6.45) is 0. The number of nitrogens with one attached hydrogen (secondary N) is 2. The van der Waals surface area contributed by atoms with Crippen molar-refractivity contribution in [2.75, 3.05) is 5.32 Å². The van der Waals surface area contributed by atoms with Gasteiger partial charge in [0.2, 0.25) is 11.9 Å². The van der Waals surface area contributed by atoms with Crippen molar-refractivity contribution < 1.29 is 9.72 Å². The Bertz CT molecular complexity index is 1130. The molecule has 1 saturated heterocycles. The molecular weight excluding hydrogens is 378 g/mol. The van der Waals surface area contributed by atoms with Crippen LogP contribution in [0.25, 0.3) is 0 Å². The second-order valence-corrected chi connectivity index (χ2v) is 8.00. The number of hydrogen-bond acceptors (Lipinski definition) is 4. The first-order valence-corrected chi connectivity index (χ1v) is 9.96. The Morgan fingerprint density at radius 2 is 1.57 bits per heavy atom. The van der Waals surface area contributed by atoms with Gasteiger partial charge in [-0.15, -0.1) is 0 Å². The standard InChI is InChI=1S/C24H21N3O3/c1-15-11-13-16(14-12-15)20-22(27(29)30)21(17-7-3-2-4-8-17)26-24(20)18-9-5-6-10-19(18)25-23(24)28/h2-14,20-22,26H,1H3,(H,25,28)/t20-,21-,22-,24+/m0/s1. The van der Waals surface area contributed by atoms with Gasteiger partial charge in [-0.2, -0.15) is 0 Å². The average Bonchev–Trinajstić information content (AvgIpc) is 3.26. The minimum absolute atomic E-state index is 0.238. The van der Waals surface area contributed by atoms with E-state index in [-0.39, 0.29) is 10.8 Å². The van der Waals surface area contributed by atoms with Crippen LogP contribution >= 0.6 is 0 Å². The van der Waals surface area contributed by atoms with E-state index in [9.17, 15) is 14.9 Å². The van der Waals surface area contributed by atoms with E-state index < -0.39 is 23.5 Å². The molecule has 0 radical (unpaired) electrons. The van der Waals surface area contributed by atoms with Gasteiger partial charge in [0.15, 0.2) is 0 Å². The third-order valence-corrected chi connectivity index (χ3v) is 6.33. The first-order chi connectivity index (χ1) is 14.5. The van der Waals surface area contributed by atoms with Gasteiger partial charge in [0.25, 0.3) is 0 Å². The molecular formula is C24H21N3O3. The number of benzene rings is 3. The van der Waals surface area contributed by atoms with Crippen LogP contribution in [0, 0.1) is 17.0 Å². The molecule has 3 aromatic rings. The summed E-state index contributed by atoms with van der Waals surface area (Å²) in [6, 6.07) is 22.9. The zero-order valence-corrected chi connectivity index (χ0v) is 16.4. The molecule has 0 saturated carbocycles. The SMILES string of the molecule is Cc1ccc([C@H]2[C@H]([N+](=O)[O-])[C@H](c3ccccc3)N[C@@]23C(=O)Nc2ccccc23)cc1. The number of rotatable bonds is 3. The average molecular weight is 399 g/mol. The van der Waals surface area contributed by atoms with Crippen molar-refractivity contribution in [3.63, 3.8) is 0 Å². The van der Waals surface area contributed by atoms with Crippen LogP contribution in [-0.4, -0.2) is 16.9 Å². The van der Waals surface area contributed by atoms with E-state index >= 15 is 0 Å². The van der Waals surface area contributed by atoms with Crippen LogP contribution < -0.4 is 10.6 Å². The van der Waals surface area contributed by atoms with Gasteiger partial charge in [0.05, 0.1) is 5.92 Å². The highest BCUT2D eigenvalue weighted by atomic mass is 16.6. The van der Waals surface area contributed by atoms with Crippen molar-refractivity contribution in [3.05, 3.63) is 111 Å². The minimum Gasteiger partial charge on any atom is -0.324 e. The topological polar surface area (TPSA) is 84.3 Å². The molecule has 2 aliphatic rings. The maximum absolute atomic E-state index is 13.5. The molecule has 6 heteroatoms. The summed E-state index contributed by atoms with van der Waals surface area (Å²) in [5, 5.41) is 18.8. The third kappa shape index (κ3) is 2.57. The van der Waals surface area contributed by atoms with Crippen LogP contribution in [-0.2, 0) is 10.3 Å². The Morgan fingerprint density at radius 3 is 2.27 bits per heavy atom.